The Labute approximate surface area is 117 Å². The molecule has 2 aromatic rings. The Bertz CT molecular complexity index is 505. The number of aryl methyl sites for hydroxylation is 1. The molecule has 0 heterocycles. The lowest BCUT2D eigenvalue weighted by Crippen LogP contribution is -2.08. The van der Waals surface area contributed by atoms with E-state index >= 15 is 0 Å². The molecule has 18 heavy (non-hydrogen) atoms. The molecule has 0 aliphatic rings. The molecule has 0 saturated carbocycles. The van der Waals surface area contributed by atoms with E-state index in [-0.39, 0.29) is 12.5 Å². The minimum absolute atomic E-state index is 0.157. The van der Waals surface area contributed by atoms with Crippen LogP contribution in [0.25, 0.3) is 0 Å². The largest absolute Gasteiger partial charge is 0.396 e. The summed E-state index contributed by atoms with van der Waals surface area (Å²) in [4.78, 5) is 0. The number of halogens is 1. The summed E-state index contributed by atoms with van der Waals surface area (Å²) in [5.74, 6) is 0.157. The Morgan fingerprint density at radius 3 is 2.33 bits per heavy atom. The Hall–Kier alpha value is -1.12. The van der Waals surface area contributed by atoms with E-state index in [1.54, 1.807) is 0 Å². The van der Waals surface area contributed by atoms with Crippen molar-refractivity contribution in [3.63, 3.8) is 0 Å². The van der Waals surface area contributed by atoms with Gasteiger partial charge in [0, 0.05) is 10.4 Å². The van der Waals surface area contributed by atoms with Gasteiger partial charge >= 0.3 is 0 Å². The van der Waals surface area contributed by atoms with Crippen molar-refractivity contribution in [2.45, 2.75) is 19.3 Å². The van der Waals surface area contributed by atoms with Crippen LogP contribution in [0, 0.1) is 6.92 Å². The topological polar surface area (TPSA) is 20.2 Å². The molecule has 0 spiro atoms. The van der Waals surface area contributed by atoms with E-state index in [9.17, 15) is 5.11 Å². The molecule has 0 fully saturated rings. The molecule has 0 aliphatic carbocycles. The van der Waals surface area contributed by atoms with Crippen molar-refractivity contribution < 1.29 is 5.11 Å². The summed E-state index contributed by atoms with van der Waals surface area (Å²) in [6.07, 6.45) is 0.848. The Kier molecular flexibility index (Phi) is 4.56. The molecule has 2 heteroatoms. The molecule has 0 aliphatic heterocycles. The number of rotatable bonds is 4. The van der Waals surface area contributed by atoms with E-state index in [1.807, 2.05) is 18.2 Å². The molecule has 94 valence electrons. The van der Waals surface area contributed by atoms with Gasteiger partial charge in [0.1, 0.15) is 0 Å². The first kappa shape index (κ1) is 13.3. The third-order valence-electron chi connectivity index (χ3n) is 3.19. The first-order chi connectivity index (χ1) is 8.70. The van der Waals surface area contributed by atoms with Gasteiger partial charge in [0.2, 0.25) is 0 Å². The first-order valence-electron chi connectivity index (χ1n) is 6.11. The molecule has 0 aromatic heterocycles. The highest BCUT2D eigenvalue weighted by molar-refractivity contribution is 9.10. The van der Waals surface area contributed by atoms with E-state index < -0.39 is 0 Å². The second-order valence-electron chi connectivity index (χ2n) is 4.59. The van der Waals surface area contributed by atoms with E-state index in [2.05, 4.69) is 53.2 Å². The molecule has 0 radical (unpaired) electrons. The van der Waals surface area contributed by atoms with Gasteiger partial charge in [0.15, 0.2) is 0 Å². The van der Waals surface area contributed by atoms with E-state index in [4.69, 9.17) is 0 Å². The SMILES string of the molecule is Cc1ccc(C(CO)Cc2ccccc2Br)cc1. The zero-order chi connectivity index (χ0) is 13.0. The van der Waals surface area contributed by atoms with Crippen molar-refractivity contribution in [1.82, 2.24) is 0 Å². The molecular weight excluding hydrogens is 288 g/mol. The minimum atomic E-state index is 0.157. The zero-order valence-corrected chi connectivity index (χ0v) is 12.0. The lowest BCUT2D eigenvalue weighted by atomic mass is 9.92. The molecule has 1 nitrogen and oxygen atoms in total. The van der Waals surface area contributed by atoms with Crippen LogP contribution in [0.5, 0.6) is 0 Å². The monoisotopic (exact) mass is 304 g/mol. The highest BCUT2D eigenvalue weighted by atomic mass is 79.9. The molecular formula is C16H17BrO. The highest BCUT2D eigenvalue weighted by Gasteiger charge is 2.12. The van der Waals surface area contributed by atoms with Crippen molar-refractivity contribution in [3.05, 3.63) is 69.7 Å². The highest BCUT2D eigenvalue weighted by Crippen LogP contribution is 2.25. The van der Waals surface area contributed by atoms with Crippen LogP contribution in [0.15, 0.2) is 53.0 Å². The minimum Gasteiger partial charge on any atom is -0.396 e. The zero-order valence-electron chi connectivity index (χ0n) is 10.4. The quantitative estimate of drug-likeness (QED) is 0.902. The summed E-state index contributed by atoms with van der Waals surface area (Å²) >= 11 is 3.56. The van der Waals surface area contributed by atoms with Crippen molar-refractivity contribution in [2.75, 3.05) is 6.61 Å². The van der Waals surface area contributed by atoms with Crippen molar-refractivity contribution in [3.8, 4) is 0 Å². The fraction of sp³-hybridized carbons (Fsp3) is 0.250. The molecule has 2 rings (SSSR count). The van der Waals surface area contributed by atoms with Gasteiger partial charge in [0.05, 0.1) is 6.61 Å². The second kappa shape index (κ2) is 6.17. The van der Waals surface area contributed by atoms with Gasteiger partial charge in [-0.2, -0.15) is 0 Å². The maximum Gasteiger partial charge on any atom is 0.0502 e. The molecule has 0 amide bonds. The fourth-order valence-electron chi connectivity index (χ4n) is 2.06. The standard InChI is InChI=1S/C16H17BrO/c1-12-6-8-13(9-7-12)15(11-18)10-14-4-2-3-5-16(14)17/h2-9,15,18H,10-11H2,1H3. The molecule has 2 aromatic carbocycles. The summed E-state index contributed by atoms with van der Waals surface area (Å²) in [6.45, 7) is 2.25. The average Bonchev–Trinajstić information content (AvgIpc) is 2.39. The summed E-state index contributed by atoms with van der Waals surface area (Å²) < 4.78 is 1.11. The predicted molar refractivity (Wildman–Crippen MR) is 78.9 cm³/mol. The average molecular weight is 305 g/mol. The number of benzene rings is 2. The van der Waals surface area contributed by atoms with Gasteiger partial charge in [-0.15, -0.1) is 0 Å². The van der Waals surface area contributed by atoms with E-state index in [1.165, 1.54) is 16.7 Å². The van der Waals surface area contributed by atoms with Crippen molar-refractivity contribution in [1.29, 1.82) is 0 Å². The normalized spacial score (nSPS) is 12.4. The first-order valence-corrected chi connectivity index (χ1v) is 6.91. The van der Waals surface area contributed by atoms with Crippen LogP contribution in [0.1, 0.15) is 22.6 Å². The van der Waals surface area contributed by atoms with Gasteiger partial charge < -0.3 is 5.11 Å². The van der Waals surface area contributed by atoms with Crippen LogP contribution in [0.3, 0.4) is 0 Å². The Morgan fingerprint density at radius 2 is 1.72 bits per heavy atom. The third-order valence-corrected chi connectivity index (χ3v) is 3.97. The van der Waals surface area contributed by atoms with Gasteiger partial charge in [-0.1, -0.05) is 64.0 Å². The van der Waals surface area contributed by atoms with Crippen molar-refractivity contribution >= 4 is 15.9 Å². The van der Waals surface area contributed by atoms with Crippen LogP contribution >= 0.6 is 15.9 Å². The van der Waals surface area contributed by atoms with E-state index in [0.29, 0.717) is 0 Å². The fourth-order valence-corrected chi connectivity index (χ4v) is 2.50. The second-order valence-corrected chi connectivity index (χ2v) is 5.44. The van der Waals surface area contributed by atoms with Crippen LogP contribution in [-0.4, -0.2) is 11.7 Å². The van der Waals surface area contributed by atoms with Crippen molar-refractivity contribution in [2.24, 2.45) is 0 Å². The summed E-state index contributed by atoms with van der Waals surface area (Å²) in [5, 5.41) is 9.59. The van der Waals surface area contributed by atoms with Crippen LogP contribution < -0.4 is 0 Å². The van der Waals surface area contributed by atoms with Gasteiger partial charge in [-0.05, 0) is 30.5 Å². The van der Waals surface area contributed by atoms with Crippen LogP contribution in [0.4, 0.5) is 0 Å². The molecule has 0 saturated heterocycles. The molecule has 1 N–H and O–H groups in total. The van der Waals surface area contributed by atoms with Crippen LogP contribution in [-0.2, 0) is 6.42 Å². The number of hydrogen-bond donors (Lipinski definition) is 1. The predicted octanol–water partition coefficient (Wildman–Crippen LogP) is 4.08. The maximum absolute atomic E-state index is 9.59. The molecule has 0 bridgehead atoms. The summed E-state index contributed by atoms with van der Waals surface area (Å²) in [7, 11) is 0. The van der Waals surface area contributed by atoms with Gasteiger partial charge in [-0.25, -0.2) is 0 Å². The van der Waals surface area contributed by atoms with E-state index in [0.717, 1.165) is 10.9 Å². The lowest BCUT2D eigenvalue weighted by molar-refractivity contribution is 0.264. The third kappa shape index (κ3) is 3.21. The number of aliphatic hydroxyl groups excluding tert-OH is 1. The van der Waals surface area contributed by atoms with Crippen LogP contribution in [0.2, 0.25) is 0 Å². The Morgan fingerprint density at radius 1 is 1.06 bits per heavy atom. The van der Waals surface area contributed by atoms with Gasteiger partial charge in [-0.3, -0.25) is 0 Å². The smallest absolute Gasteiger partial charge is 0.0502 e. The number of aliphatic hydroxyl groups is 1. The Balaban J connectivity index is 2.20. The summed E-state index contributed by atoms with van der Waals surface area (Å²) in [6, 6.07) is 16.6. The molecule has 1 unspecified atom stereocenters. The molecule has 1 atom stereocenters. The lowest BCUT2D eigenvalue weighted by Gasteiger charge is -2.16. The van der Waals surface area contributed by atoms with Gasteiger partial charge in [0.25, 0.3) is 0 Å². The number of hydrogen-bond acceptors (Lipinski definition) is 1. The summed E-state index contributed by atoms with van der Waals surface area (Å²) in [5.41, 5.74) is 3.67. The maximum atomic E-state index is 9.59.